The highest BCUT2D eigenvalue weighted by atomic mass is 32.1. The van der Waals surface area contributed by atoms with E-state index < -0.39 is 0 Å². The molecule has 0 unspecified atom stereocenters. The molecule has 0 saturated carbocycles. The Morgan fingerprint density at radius 2 is 0.764 bits per heavy atom. The Bertz CT molecular complexity index is 2950. The Labute approximate surface area is 324 Å². The van der Waals surface area contributed by atoms with Crippen LogP contribution in [0.5, 0.6) is 0 Å². The second-order valence-corrected chi connectivity index (χ2v) is 14.9. The van der Waals surface area contributed by atoms with Crippen LogP contribution in [-0.4, -0.2) is 9.97 Å². The van der Waals surface area contributed by atoms with Crippen molar-refractivity contribution in [2.24, 2.45) is 0 Å². The van der Waals surface area contributed by atoms with Crippen molar-refractivity contribution in [3.8, 4) is 78.4 Å². The largest absolute Gasteiger partial charge is 0.228 e. The molecule has 0 fully saturated rings. The summed E-state index contributed by atoms with van der Waals surface area (Å²) < 4.78 is 2.60. The van der Waals surface area contributed by atoms with Crippen molar-refractivity contribution in [3.05, 3.63) is 206 Å². The lowest BCUT2D eigenvalue weighted by Crippen LogP contribution is -1.97. The molecule has 10 aromatic rings. The van der Waals surface area contributed by atoms with Gasteiger partial charge in [0, 0.05) is 42.4 Å². The van der Waals surface area contributed by atoms with Crippen LogP contribution < -0.4 is 0 Å². The highest BCUT2D eigenvalue weighted by Gasteiger charge is 2.17. The van der Waals surface area contributed by atoms with E-state index in [1.807, 2.05) is 29.5 Å². The number of thiophene rings is 1. The fourth-order valence-electron chi connectivity index (χ4n) is 7.51. The van der Waals surface area contributed by atoms with Gasteiger partial charge in [-0.15, -0.1) is 11.3 Å². The molecular formula is C52H34N2S. The van der Waals surface area contributed by atoms with Gasteiger partial charge < -0.3 is 0 Å². The Morgan fingerprint density at radius 1 is 0.291 bits per heavy atom. The number of hydrogen-bond donors (Lipinski definition) is 0. The van der Waals surface area contributed by atoms with Crippen molar-refractivity contribution in [3.63, 3.8) is 0 Å². The first-order valence-electron chi connectivity index (χ1n) is 18.6. The molecule has 0 N–H and O–H groups in total. The monoisotopic (exact) mass is 718 g/mol. The van der Waals surface area contributed by atoms with Crippen molar-refractivity contribution in [2.45, 2.75) is 0 Å². The maximum Gasteiger partial charge on any atom is 0.160 e. The first-order valence-corrected chi connectivity index (χ1v) is 19.4. The summed E-state index contributed by atoms with van der Waals surface area (Å²) >= 11 is 1.87. The molecule has 0 saturated heterocycles. The molecule has 0 spiro atoms. The number of aromatic nitrogens is 2. The summed E-state index contributed by atoms with van der Waals surface area (Å²) in [5, 5.41) is 2.56. The van der Waals surface area contributed by atoms with Gasteiger partial charge in [-0.1, -0.05) is 158 Å². The lowest BCUT2D eigenvalue weighted by Gasteiger charge is -2.15. The van der Waals surface area contributed by atoms with Crippen LogP contribution in [0.4, 0.5) is 0 Å². The Hall–Kier alpha value is -6.94. The molecule has 2 aromatic heterocycles. The average molecular weight is 719 g/mol. The molecular weight excluding hydrogens is 685 g/mol. The van der Waals surface area contributed by atoms with Gasteiger partial charge in [0.2, 0.25) is 0 Å². The van der Waals surface area contributed by atoms with Crippen LogP contribution in [0.25, 0.3) is 98.6 Å². The van der Waals surface area contributed by atoms with Crippen molar-refractivity contribution >= 4 is 31.5 Å². The molecule has 0 aliphatic carbocycles. The van der Waals surface area contributed by atoms with Gasteiger partial charge in [0.1, 0.15) is 0 Å². The molecule has 2 heterocycles. The molecule has 10 rings (SSSR count). The van der Waals surface area contributed by atoms with Gasteiger partial charge in [0.25, 0.3) is 0 Å². The maximum absolute atomic E-state index is 5.29. The molecule has 0 aliphatic rings. The average Bonchev–Trinajstić information content (AvgIpc) is 3.66. The standard InChI is InChI=1S/C52H34N2S/c1-5-16-35(17-6-1)39-24-15-25-40(28-39)48-34-49(54-52(53-48)38-22-11-4-12-23-38)44-30-41(36-18-7-2-8-19-36)29-42(31-44)43-32-46(37-20-9-3-10-21-37)51-47(33-43)45-26-13-14-27-50(45)55-51/h1-34H. The predicted molar refractivity (Wildman–Crippen MR) is 233 cm³/mol. The smallest absolute Gasteiger partial charge is 0.160 e. The van der Waals surface area contributed by atoms with Crippen LogP contribution in [-0.2, 0) is 0 Å². The van der Waals surface area contributed by atoms with Crippen LogP contribution in [0.3, 0.4) is 0 Å². The summed E-state index contributed by atoms with van der Waals surface area (Å²) in [6.07, 6.45) is 0. The van der Waals surface area contributed by atoms with E-state index in [-0.39, 0.29) is 0 Å². The van der Waals surface area contributed by atoms with E-state index in [2.05, 4.69) is 188 Å². The minimum atomic E-state index is 0.697. The second-order valence-electron chi connectivity index (χ2n) is 13.8. The Balaban J connectivity index is 1.21. The lowest BCUT2D eigenvalue weighted by atomic mass is 9.91. The minimum absolute atomic E-state index is 0.697. The van der Waals surface area contributed by atoms with Gasteiger partial charge in [-0.05, 0) is 87.5 Å². The fraction of sp³-hybridized carbons (Fsp3) is 0. The van der Waals surface area contributed by atoms with Crippen LogP contribution in [0.1, 0.15) is 0 Å². The number of benzene rings is 8. The van der Waals surface area contributed by atoms with Crippen molar-refractivity contribution < 1.29 is 0 Å². The lowest BCUT2D eigenvalue weighted by molar-refractivity contribution is 1.18. The van der Waals surface area contributed by atoms with E-state index in [1.165, 1.54) is 42.4 Å². The normalized spacial score (nSPS) is 11.3. The highest BCUT2D eigenvalue weighted by Crippen LogP contribution is 2.44. The summed E-state index contributed by atoms with van der Waals surface area (Å²) in [5.74, 6) is 0.697. The molecule has 0 radical (unpaired) electrons. The molecule has 0 atom stereocenters. The SMILES string of the molecule is c1ccc(-c2cccc(-c3cc(-c4cc(-c5ccccc5)cc(-c5cc(-c6ccccc6)c6sc7ccccc7c6c5)c4)nc(-c4ccccc4)n3)c2)cc1. The fourth-order valence-corrected chi connectivity index (χ4v) is 8.73. The molecule has 258 valence electrons. The molecule has 0 aliphatic heterocycles. The van der Waals surface area contributed by atoms with Gasteiger partial charge in [-0.25, -0.2) is 9.97 Å². The summed E-state index contributed by atoms with van der Waals surface area (Å²) in [7, 11) is 0. The molecule has 2 nitrogen and oxygen atoms in total. The van der Waals surface area contributed by atoms with E-state index in [1.54, 1.807) is 0 Å². The van der Waals surface area contributed by atoms with Gasteiger partial charge in [-0.2, -0.15) is 0 Å². The molecule has 8 aromatic carbocycles. The van der Waals surface area contributed by atoms with E-state index in [9.17, 15) is 0 Å². The van der Waals surface area contributed by atoms with Crippen LogP contribution in [0.2, 0.25) is 0 Å². The number of hydrogen-bond acceptors (Lipinski definition) is 3. The van der Waals surface area contributed by atoms with Crippen LogP contribution in [0, 0.1) is 0 Å². The first-order chi connectivity index (χ1) is 27.2. The third kappa shape index (κ3) is 6.41. The first kappa shape index (κ1) is 32.7. The van der Waals surface area contributed by atoms with E-state index in [0.29, 0.717) is 5.82 Å². The predicted octanol–water partition coefficient (Wildman–Crippen LogP) is 14.5. The molecule has 0 amide bonds. The number of fused-ring (bicyclic) bond motifs is 3. The van der Waals surface area contributed by atoms with Gasteiger partial charge >= 0.3 is 0 Å². The zero-order chi connectivity index (χ0) is 36.6. The topological polar surface area (TPSA) is 25.8 Å². The third-order valence-electron chi connectivity index (χ3n) is 10.3. The maximum atomic E-state index is 5.29. The van der Waals surface area contributed by atoms with E-state index >= 15 is 0 Å². The second kappa shape index (κ2) is 14.1. The van der Waals surface area contributed by atoms with Gasteiger partial charge in [0.15, 0.2) is 5.82 Å². The van der Waals surface area contributed by atoms with Crippen molar-refractivity contribution in [1.82, 2.24) is 9.97 Å². The zero-order valence-corrected chi connectivity index (χ0v) is 30.7. The third-order valence-corrected chi connectivity index (χ3v) is 11.5. The van der Waals surface area contributed by atoms with E-state index in [0.717, 1.165) is 50.3 Å². The van der Waals surface area contributed by atoms with Crippen molar-refractivity contribution in [2.75, 3.05) is 0 Å². The Kier molecular flexibility index (Phi) is 8.40. The molecule has 55 heavy (non-hydrogen) atoms. The van der Waals surface area contributed by atoms with Gasteiger partial charge in [0.05, 0.1) is 11.4 Å². The van der Waals surface area contributed by atoms with Crippen molar-refractivity contribution in [1.29, 1.82) is 0 Å². The summed E-state index contributed by atoms with van der Waals surface area (Å²) in [4.78, 5) is 10.5. The number of rotatable bonds is 7. The zero-order valence-electron chi connectivity index (χ0n) is 29.9. The van der Waals surface area contributed by atoms with Crippen LogP contribution >= 0.6 is 11.3 Å². The van der Waals surface area contributed by atoms with Crippen LogP contribution in [0.15, 0.2) is 206 Å². The summed E-state index contributed by atoms with van der Waals surface area (Å²) in [6.45, 7) is 0. The van der Waals surface area contributed by atoms with Gasteiger partial charge in [-0.3, -0.25) is 0 Å². The minimum Gasteiger partial charge on any atom is -0.228 e. The Morgan fingerprint density at radius 3 is 1.45 bits per heavy atom. The van der Waals surface area contributed by atoms with E-state index in [4.69, 9.17) is 9.97 Å². The quantitative estimate of drug-likeness (QED) is 0.164. The molecule has 0 bridgehead atoms. The highest BCUT2D eigenvalue weighted by molar-refractivity contribution is 7.26. The molecule has 3 heteroatoms. The summed E-state index contributed by atoms with van der Waals surface area (Å²) in [6, 6.07) is 73.4. The number of nitrogens with zero attached hydrogens (tertiary/aromatic N) is 2. The summed E-state index contributed by atoms with van der Waals surface area (Å²) in [5.41, 5.74) is 14.2.